The Morgan fingerprint density at radius 3 is 2.50 bits per heavy atom. The summed E-state index contributed by atoms with van der Waals surface area (Å²) in [7, 11) is -2.34. The molecule has 20 heavy (non-hydrogen) atoms. The van der Waals surface area contributed by atoms with Crippen LogP contribution in [0.25, 0.3) is 0 Å². The van der Waals surface area contributed by atoms with Crippen molar-refractivity contribution in [3.8, 4) is 0 Å². The van der Waals surface area contributed by atoms with Crippen LogP contribution in [0.4, 0.5) is 4.39 Å². The maximum absolute atomic E-state index is 13.0. The third kappa shape index (κ3) is 4.00. The maximum atomic E-state index is 13.0. The Kier molecular flexibility index (Phi) is 5.28. The quantitative estimate of drug-likeness (QED) is 0.831. The number of hydrogen-bond acceptors (Lipinski definition) is 3. The molecule has 8 heteroatoms. The number of benzene rings is 1. The summed E-state index contributed by atoms with van der Waals surface area (Å²) in [6.07, 6.45) is 0. The predicted molar refractivity (Wildman–Crippen MR) is 77.1 cm³/mol. The van der Waals surface area contributed by atoms with Crippen molar-refractivity contribution in [3.63, 3.8) is 0 Å². The minimum absolute atomic E-state index is 0.0706. The molecule has 0 saturated carbocycles. The van der Waals surface area contributed by atoms with Crippen LogP contribution in [0.2, 0.25) is 0 Å². The van der Waals surface area contributed by atoms with Gasteiger partial charge in [-0.3, -0.25) is 4.79 Å². The number of amides is 1. The first-order valence-electron chi connectivity index (χ1n) is 5.77. The molecule has 0 aliphatic carbocycles. The Hall–Kier alpha value is -0.990. The van der Waals surface area contributed by atoms with Gasteiger partial charge in [0, 0.05) is 18.1 Å². The second-order valence-corrected chi connectivity index (χ2v) is 7.45. The van der Waals surface area contributed by atoms with Crippen LogP contribution in [0.3, 0.4) is 0 Å². The zero-order valence-corrected chi connectivity index (χ0v) is 13.7. The van der Waals surface area contributed by atoms with E-state index < -0.39 is 21.3 Å². The second kappa shape index (κ2) is 6.19. The fraction of sp³-hybridized carbons (Fsp3) is 0.417. The standard InChI is InChI=1S/C12H16BrFN2O3S/c1-12(2,11(17)15-3)7-16-20(18,19)10-5-4-8(14)6-9(10)13/h4-6,16H,7H2,1-3H3,(H,15,17). The van der Waals surface area contributed by atoms with Gasteiger partial charge in [-0.15, -0.1) is 0 Å². The Bertz CT molecular complexity index is 617. The number of halogens is 2. The average Bonchev–Trinajstić information content (AvgIpc) is 2.35. The zero-order valence-electron chi connectivity index (χ0n) is 11.3. The highest BCUT2D eigenvalue weighted by molar-refractivity contribution is 9.10. The van der Waals surface area contributed by atoms with Gasteiger partial charge in [0.15, 0.2) is 0 Å². The summed E-state index contributed by atoms with van der Waals surface area (Å²) in [6.45, 7) is 3.17. The van der Waals surface area contributed by atoms with Gasteiger partial charge in [0.1, 0.15) is 5.82 Å². The molecule has 5 nitrogen and oxygen atoms in total. The third-order valence-electron chi connectivity index (χ3n) is 2.73. The first kappa shape index (κ1) is 17.1. The summed E-state index contributed by atoms with van der Waals surface area (Å²) in [6, 6.07) is 3.29. The van der Waals surface area contributed by atoms with Crippen LogP contribution in [0.1, 0.15) is 13.8 Å². The van der Waals surface area contributed by atoms with E-state index in [-0.39, 0.29) is 21.8 Å². The lowest BCUT2D eigenvalue weighted by molar-refractivity contribution is -0.128. The van der Waals surface area contributed by atoms with E-state index in [2.05, 4.69) is 26.0 Å². The molecule has 0 unspecified atom stereocenters. The lowest BCUT2D eigenvalue weighted by Crippen LogP contribution is -2.43. The van der Waals surface area contributed by atoms with Crippen molar-refractivity contribution in [1.29, 1.82) is 0 Å². The average molecular weight is 367 g/mol. The van der Waals surface area contributed by atoms with E-state index >= 15 is 0 Å². The molecule has 0 fully saturated rings. The van der Waals surface area contributed by atoms with Gasteiger partial charge in [-0.1, -0.05) is 0 Å². The van der Waals surface area contributed by atoms with Crippen molar-refractivity contribution in [2.24, 2.45) is 5.41 Å². The van der Waals surface area contributed by atoms with E-state index in [4.69, 9.17) is 0 Å². The number of carbonyl (C=O) groups is 1. The highest BCUT2D eigenvalue weighted by atomic mass is 79.9. The summed E-state index contributed by atoms with van der Waals surface area (Å²) in [5.74, 6) is -0.820. The second-order valence-electron chi connectivity index (χ2n) is 4.86. The lowest BCUT2D eigenvalue weighted by Gasteiger charge is -2.22. The number of nitrogens with one attached hydrogen (secondary N) is 2. The van der Waals surface area contributed by atoms with Crippen LogP contribution in [0.5, 0.6) is 0 Å². The van der Waals surface area contributed by atoms with Crippen LogP contribution < -0.4 is 10.0 Å². The number of hydrogen-bond donors (Lipinski definition) is 2. The van der Waals surface area contributed by atoms with Crippen molar-refractivity contribution in [3.05, 3.63) is 28.5 Å². The summed E-state index contributed by atoms with van der Waals surface area (Å²) in [5.41, 5.74) is -0.895. The Labute approximate surface area is 126 Å². The molecule has 0 bridgehead atoms. The molecule has 0 aromatic heterocycles. The summed E-state index contributed by atoms with van der Waals surface area (Å²) in [5, 5.41) is 2.47. The Morgan fingerprint density at radius 2 is 2.00 bits per heavy atom. The maximum Gasteiger partial charge on any atom is 0.241 e. The molecule has 0 saturated heterocycles. The van der Waals surface area contributed by atoms with E-state index in [1.165, 1.54) is 7.05 Å². The van der Waals surface area contributed by atoms with Crippen LogP contribution >= 0.6 is 15.9 Å². The van der Waals surface area contributed by atoms with Gasteiger partial charge in [0.05, 0.1) is 10.3 Å². The zero-order chi connectivity index (χ0) is 15.6. The molecule has 2 N–H and O–H groups in total. The third-order valence-corrected chi connectivity index (χ3v) is 5.11. The monoisotopic (exact) mass is 366 g/mol. The fourth-order valence-corrected chi connectivity index (χ4v) is 3.72. The molecule has 0 heterocycles. The Balaban J connectivity index is 2.94. The van der Waals surface area contributed by atoms with E-state index in [1.807, 2.05) is 0 Å². The molecule has 0 atom stereocenters. The van der Waals surface area contributed by atoms with Crippen molar-refractivity contribution in [2.75, 3.05) is 13.6 Å². The molecular weight excluding hydrogens is 351 g/mol. The van der Waals surface area contributed by atoms with Gasteiger partial charge >= 0.3 is 0 Å². The topological polar surface area (TPSA) is 75.3 Å². The van der Waals surface area contributed by atoms with Crippen LogP contribution in [0.15, 0.2) is 27.6 Å². The molecule has 0 spiro atoms. The lowest BCUT2D eigenvalue weighted by atomic mass is 9.93. The molecule has 1 aromatic carbocycles. The van der Waals surface area contributed by atoms with Gasteiger partial charge in [-0.25, -0.2) is 17.5 Å². The van der Waals surface area contributed by atoms with Gasteiger partial charge < -0.3 is 5.32 Å². The SMILES string of the molecule is CNC(=O)C(C)(C)CNS(=O)(=O)c1ccc(F)cc1Br. The van der Waals surface area contributed by atoms with Crippen LogP contribution in [-0.4, -0.2) is 27.9 Å². The van der Waals surface area contributed by atoms with E-state index in [9.17, 15) is 17.6 Å². The smallest absolute Gasteiger partial charge is 0.241 e. The molecule has 1 aromatic rings. The van der Waals surface area contributed by atoms with Gasteiger partial charge in [0.25, 0.3) is 0 Å². The first-order chi connectivity index (χ1) is 9.10. The van der Waals surface area contributed by atoms with Crippen molar-refractivity contribution in [2.45, 2.75) is 18.7 Å². The number of sulfonamides is 1. The number of carbonyl (C=O) groups excluding carboxylic acids is 1. The van der Waals surface area contributed by atoms with Gasteiger partial charge in [-0.05, 0) is 48.0 Å². The highest BCUT2D eigenvalue weighted by Crippen LogP contribution is 2.23. The van der Waals surface area contributed by atoms with E-state index in [1.54, 1.807) is 13.8 Å². The van der Waals surface area contributed by atoms with Gasteiger partial charge in [0.2, 0.25) is 15.9 Å². The molecule has 0 aliphatic heterocycles. The normalized spacial score (nSPS) is 12.2. The largest absolute Gasteiger partial charge is 0.359 e. The molecule has 1 amide bonds. The molecule has 112 valence electrons. The molecule has 0 aliphatic rings. The highest BCUT2D eigenvalue weighted by Gasteiger charge is 2.29. The van der Waals surface area contributed by atoms with Crippen molar-refractivity contribution in [1.82, 2.24) is 10.0 Å². The predicted octanol–water partition coefficient (Wildman–Crippen LogP) is 1.64. The molecule has 0 radical (unpaired) electrons. The van der Waals surface area contributed by atoms with Crippen molar-refractivity contribution >= 4 is 31.9 Å². The molecular formula is C12H16BrFN2O3S. The van der Waals surface area contributed by atoms with E-state index in [0.717, 1.165) is 18.2 Å². The fourth-order valence-electron chi connectivity index (χ4n) is 1.46. The minimum atomic E-state index is -3.83. The van der Waals surface area contributed by atoms with Crippen LogP contribution in [0, 0.1) is 11.2 Å². The van der Waals surface area contributed by atoms with Crippen molar-refractivity contribution < 1.29 is 17.6 Å². The Morgan fingerprint density at radius 1 is 1.40 bits per heavy atom. The van der Waals surface area contributed by atoms with E-state index in [0.29, 0.717) is 0 Å². The molecule has 1 rings (SSSR count). The van der Waals surface area contributed by atoms with Gasteiger partial charge in [-0.2, -0.15) is 0 Å². The summed E-state index contributed by atoms with van der Waals surface area (Å²) >= 11 is 3.01. The minimum Gasteiger partial charge on any atom is -0.359 e. The first-order valence-corrected chi connectivity index (χ1v) is 8.04. The number of rotatable bonds is 5. The summed E-state index contributed by atoms with van der Waals surface area (Å²) < 4.78 is 39.7. The van der Waals surface area contributed by atoms with Crippen LogP contribution in [-0.2, 0) is 14.8 Å². The summed E-state index contributed by atoms with van der Waals surface area (Å²) in [4.78, 5) is 11.5.